The number of carbonyl (C=O) groups excluding carboxylic acids is 1. The van der Waals surface area contributed by atoms with Crippen molar-refractivity contribution in [1.82, 2.24) is 24.5 Å². The molecule has 1 aliphatic heterocycles. The second-order valence-corrected chi connectivity index (χ2v) is 11.1. The number of hydrogen-bond acceptors (Lipinski definition) is 11. The maximum absolute atomic E-state index is 13.4. The van der Waals surface area contributed by atoms with E-state index in [4.69, 9.17) is 8.92 Å². The fourth-order valence-electron chi connectivity index (χ4n) is 4.52. The van der Waals surface area contributed by atoms with E-state index in [0.717, 1.165) is 17.0 Å². The van der Waals surface area contributed by atoms with Crippen molar-refractivity contribution in [3.8, 4) is 0 Å². The molecular formula is C22H26N6O6S2. The van der Waals surface area contributed by atoms with Crippen molar-refractivity contribution in [3.05, 3.63) is 57.4 Å². The Balaban J connectivity index is 1.32. The number of rotatable bonds is 8. The maximum Gasteiger partial charge on any atom is 0.335 e. The average molecular weight is 535 g/mol. The molecule has 0 unspecified atom stereocenters. The molecule has 3 aromatic heterocycles. The summed E-state index contributed by atoms with van der Waals surface area (Å²) in [6.45, 7) is 3.16. The number of aliphatic hydroxyl groups excluding tert-OH is 1. The summed E-state index contributed by atoms with van der Waals surface area (Å²) in [5.41, 5.74) is 3.02. The third kappa shape index (κ3) is 5.05. The van der Waals surface area contributed by atoms with Crippen LogP contribution in [0.5, 0.6) is 0 Å². The van der Waals surface area contributed by atoms with Gasteiger partial charge in [0.2, 0.25) is 5.78 Å². The molecule has 3 aromatic rings. The fourth-order valence-corrected chi connectivity index (χ4v) is 6.02. The molecule has 4 heterocycles. The first kappa shape index (κ1) is 24.9. The van der Waals surface area contributed by atoms with Gasteiger partial charge >= 0.3 is 10.3 Å². The lowest BCUT2D eigenvalue weighted by molar-refractivity contribution is 0.0424. The van der Waals surface area contributed by atoms with E-state index >= 15 is 0 Å². The molecule has 0 spiro atoms. The van der Waals surface area contributed by atoms with E-state index in [1.165, 1.54) is 30.9 Å². The highest BCUT2D eigenvalue weighted by Crippen LogP contribution is 2.34. The molecule has 0 amide bonds. The fraction of sp³-hybridized carbons (Fsp3) is 0.455. The number of hydrogen-bond donors (Lipinski definition) is 3. The van der Waals surface area contributed by atoms with Crippen LogP contribution in [0.15, 0.2) is 30.0 Å². The summed E-state index contributed by atoms with van der Waals surface area (Å²) in [5, 5.41) is 19.8. The summed E-state index contributed by atoms with van der Waals surface area (Å²) in [6.07, 6.45) is 1.02. The van der Waals surface area contributed by atoms with Gasteiger partial charge in [-0.3, -0.25) is 13.7 Å². The highest BCUT2D eigenvalue weighted by atomic mass is 32.2. The molecule has 0 bridgehead atoms. The van der Waals surface area contributed by atoms with Crippen LogP contribution in [0.4, 0.5) is 5.82 Å². The van der Waals surface area contributed by atoms with Crippen LogP contribution in [-0.4, -0.2) is 71.0 Å². The molecule has 3 N–H and O–H groups in total. The summed E-state index contributed by atoms with van der Waals surface area (Å²) in [5.74, 6) is 0.0563. The second-order valence-electron chi connectivity index (χ2n) is 8.72. The highest BCUT2D eigenvalue weighted by molar-refractivity contribution is 7.84. The molecule has 36 heavy (non-hydrogen) atoms. The Morgan fingerprint density at radius 3 is 2.97 bits per heavy atom. The normalized spacial score (nSPS) is 24.0. The second kappa shape index (κ2) is 9.95. The summed E-state index contributed by atoms with van der Waals surface area (Å²) >= 11 is 1.31. The first-order valence-electron chi connectivity index (χ1n) is 11.4. The van der Waals surface area contributed by atoms with Gasteiger partial charge in [0.15, 0.2) is 0 Å². The van der Waals surface area contributed by atoms with Crippen LogP contribution in [-0.2, 0) is 25.8 Å². The molecule has 192 valence electrons. The van der Waals surface area contributed by atoms with Crippen LogP contribution in [0, 0.1) is 6.92 Å². The van der Waals surface area contributed by atoms with Gasteiger partial charge in [-0.05, 0) is 42.8 Å². The van der Waals surface area contributed by atoms with Crippen LogP contribution in [0.1, 0.15) is 51.1 Å². The lowest BCUT2D eigenvalue weighted by atomic mass is 10.1. The van der Waals surface area contributed by atoms with Crippen LogP contribution in [0.3, 0.4) is 0 Å². The molecular weight excluding hydrogens is 508 g/mol. The van der Waals surface area contributed by atoms with Gasteiger partial charge in [-0.25, -0.2) is 9.97 Å². The van der Waals surface area contributed by atoms with Gasteiger partial charge in [0.25, 0.3) is 0 Å². The van der Waals surface area contributed by atoms with Gasteiger partial charge in [-0.2, -0.15) is 18.2 Å². The number of carbonyl (C=O) groups is 1. The summed E-state index contributed by atoms with van der Waals surface area (Å²) in [7, 11) is -2.71. The standard InChI is InChI=1S/C22H26N6O6S2/c1-12-5-16-21(33-4-3-28(16)27-12)13-6-19(35-10-13)20(30)15-9-24-11-25-22(15)26-14-7-17(29)18(8-14)34-36(31,32)23-2/h5-6,9-11,14,17-18,21,23,29H,3-4,7-8H2,1-2H3,(H,24,25,26)/t14-,17+,18-,21-/m1/s1. The quantitative estimate of drug-likeness (QED) is 0.358. The van der Waals surface area contributed by atoms with Gasteiger partial charge in [0, 0.05) is 19.3 Å². The topological polar surface area (TPSA) is 158 Å². The van der Waals surface area contributed by atoms with Crippen molar-refractivity contribution < 1.29 is 27.2 Å². The smallest absolute Gasteiger partial charge is 0.335 e. The lowest BCUT2D eigenvalue weighted by Crippen LogP contribution is -2.31. The molecule has 1 aliphatic carbocycles. The molecule has 1 fully saturated rings. The Labute approximate surface area is 211 Å². The van der Waals surface area contributed by atoms with E-state index in [2.05, 4.69) is 25.1 Å². The van der Waals surface area contributed by atoms with Gasteiger partial charge in [0.1, 0.15) is 24.4 Å². The molecule has 0 aromatic carbocycles. The van der Waals surface area contributed by atoms with Crippen molar-refractivity contribution in [1.29, 1.82) is 0 Å². The monoisotopic (exact) mass is 534 g/mol. The van der Waals surface area contributed by atoms with Crippen molar-refractivity contribution in [2.45, 2.75) is 50.7 Å². The number of aromatic nitrogens is 4. The van der Waals surface area contributed by atoms with E-state index < -0.39 is 22.5 Å². The van der Waals surface area contributed by atoms with Gasteiger partial charge < -0.3 is 15.2 Å². The minimum absolute atomic E-state index is 0.217. The van der Waals surface area contributed by atoms with E-state index in [1.807, 2.05) is 29.1 Å². The van der Waals surface area contributed by atoms with E-state index in [9.17, 15) is 18.3 Å². The summed E-state index contributed by atoms with van der Waals surface area (Å²) < 4.78 is 38.4. The molecule has 2 aliphatic rings. The average Bonchev–Trinajstić information content (AvgIpc) is 3.57. The van der Waals surface area contributed by atoms with E-state index in [0.29, 0.717) is 23.8 Å². The van der Waals surface area contributed by atoms with Crippen molar-refractivity contribution in [2.24, 2.45) is 0 Å². The number of thiophene rings is 1. The Morgan fingerprint density at radius 1 is 1.33 bits per heavy atom. The largest absolute Gasteiger partial charge is 0.390 e. The maximum atomic E-state index is 13.4. The van der Waals surface area contributed by atoms with Gasteiger partial charge in [-0.15, -0.1) is 11.3 Å². The molecule has 1 saturated carbocycles. The van der Waals surface area contributed by atoms with Gasteiger partial charge in [0.05, 0.1) is 41.1 Å². The minimum Gasteiger partial charge on any atom is -0.390 e. The summed E-state index contributed by atoms with van der Waals surface area (Å²) in [4.78, 5) is 22.2. The zero-order chi connectivity index (χ0) is 25.4. The van der Waals surface area contributed by atoms with Crippen molar-refractivity contribution in [3.63, 3.8) is 0 Å². The molecule has 4 atom stereocenters. The first-order valence-corrected chi connectivity index (χ1v) is 13.7. The van der Waals surface area contributed by atoms with Crippen molar-refractivity contribution >= 4 is 33.2 Å². The number of nitrogens with zero attached hydrogens (tertiary/aromatic N) is 4. The predicted molar refractivity (Wildman–Crippen MR) is 130 cm³/mol. The molecule has 12 nitrogen and oxygen atoms in total. The summed E-state index contributed by atoms with van der Waals surface area (Å²) in [6, 6.07) is 3.46. The highest BCUT2D eigenvalue weighted by Gasteiger charge is 2.37. The van der Waals surface area contributed by atoms with Crippen LogP contribution in [0.2, 0.25) is 0 Å². The molecule has 5 rings (SSSR count). The number of ketones is 1. The Bertz CT molecular complexity index is 1370. The zero-order valence-corrected chi connectivity index (χ0v) is 21.3. The number of aliphatic hydroxyl groups is 1. The third-order valence-electron chi connectivity index (χ3n) is 6.21. The van der Waals surface area contributed by atoms with Gasteiger partial charge in [-0.1, -0.05) is 0 Å². The Morgan fingerprint density at radius 2 is 2.17 bits per heavy atom. The number of fused-ring (bicyclic) bond motifs is 1. The Hall–Kier alpha value is -2.75. The first-order chi connectivity index (χ1) is 17.2. The van der Waals surface area contributed by atoms with E-state index in [-0.39, 0.29) is 36.3 Å². The minimum atomic E-state index is -3.95. The van der Waals surface area contributed by atoms with Crippen LogP contribution < -0.4 is 10.0 Å². The zero-order valence-electron chi connectivity index (χ0n) is 19.6. The SMILES string of the molecule is CNS(=O)(=O)O[C@@H]1C[C@H](Nc2ncncc2C(=O)c2cc([C@H]3OCCn4nc(C)cc43)cs2)C[C@@H]1O. The van der Waals surface area contributed by atoms with E-state index in [1.54, 1.807) is 0 Å². The number of aryl methyl sites for hydroxylation is 1. The number of ether oxygens (including phenoxy) is 1. The number of anilines is 1. The Kier molecular flexibility index (Phi) is 6.89. The molecule has 14 heteroatoms. The van der Waals surface area contributed by atoms with Crippen molar-refractivity contribution in [2.75, 3.05) is 19.0 Å². The molecule has 0 radical (unpaired) electrons. The van der Waals surface area contributed by atoms with Crippen LogP contribution >= 0.6 is 11.3 Å². The predicted octanol–water partition coefficient (Wildman–Crippen LogP) is 1.18. The number of nitrogens with one attached hydrogen (secondary N) is 2. The molecule has 0 saturated heterocycles. The third-order valence-corrected chi connectivity index (χ3v) is 8.15. The van der Waals surface area contributed by atoms with Crippen LogP contribution in [0.25, 0.3) is 0 Å². The lowest BCUT2D eigenvalue weighted by Gasteiger charge is -2.23.